The normalized spacial score (nSPS) is 16.1. The molecule has 4 nitrogen and oxygen atoms in total. The van der Waals surface area contributed by atoms with E-state index >= 15 is 0 Å². The van der Waals surface area contributed by atoms with Crippen molar-refractivity contribution in [2.75, 3.05) is 31.2 Å². The van der Waals surface area contributed by atoms with E-state index in [9.17, 15) is 5.26 Å². The standard InChI is InChI=1S/C15H19BrN2O2/c16-13-2-3-15(12(10-13)11-17)18-6-4-14(5-7-18)20-9-1-8-19/h2-3,10,14,19H,1,4-9H2. The van der Waals surface area contributed by atoms with Gasteiger partial charge in [-0.25, -0.2) is 0 Å². The number of hydrogen-bond acceptors (Lipinski definition) is 4. The number of ether oxygens (including phenoxy) is 1. The van der Waals surface area contributed by atoms with Gasteiger partial charge in [0, 0.05) is 30.8 Å². The molecule has 0 aromatic heterocycles. The van der Waals surface area contributed by atoms with E-state index in [0.717, 1.165) is 36.1 Å². The van der Waals surface area contributed by atoms with Crippen molar-refractivity contribution in [3.8, 4) is 6.07 Å². The van der Waals surface area contributed by atoms with Gasteiger partial charge < -0.3 is 14.7 Å². The molecule has 1 fully saturated rings. The Morgan fingerprint density at radius 3 is 2.80 bits per heavy atom. The number of aliphatic hydroxyl groups excluding tert-OH is 1. The van der Waals surface area contributed by atoms with Crippen molar-refractivity contribution in [1.82, 2.24) is 0 Å². The average Bonchev–Trinajstić information content (AvgIpc) is 2.48. The fourth-order valence-corrected chi connectivity index (χ4v) is 2.81. The Labute approximate surface area is 128 Å². The van der Waals surface area contributed by atoms with Crippen LogP contribution in [0.15, 0.2) is 22.7 Å². The van der Waals surface area contributed by atoms with Gasteiger partial charge in [0.15, 0.2) is 0 Å². The van der Waals surface area contributed by atoms with Crippen molar-refractivity contribution >= 4 is 21.6 Å². The van der Waals surface area contributed by atoms with Gasteiger partial charge in [-0.15, -0.1) is 0 Å². The van der Waals surface area contributed by atoms with Crippen LogP contribution in [0.25, 0.3) is 0 Å². The topological polar surface area (TPSA) is 56.5 Å². The summed E-state index contributed by atoms with van der Waals surface area (Å²) in [7, 11) is 0. The van der Waals surface area contributed by atoms with Gasteiger partial charge in [0.05, 0.1) is 17.4 Å². The molecule has 1 aromatic carbocycles. The molecule has 0 unspecified atom stereocenters. The molecule has 2 rings (SSSR count). The van der Waals surface area contributed by atoms with E-state index in [1.165, 1.54) is 0 Å². The molecule has 0 radical (unpaired) electrons. The number of piperidine rings is 1. The van der Waals surface area contributed by atoms with Gasteiger partial charge in [0.2, 0.25) is 0 Å². The van der Waals surface area contributed by atoms with Crippen LogP contribution in [0.3, 0.4) is 0 Å². The van der Waals surface area contributed by atoms with Gasteiger partial charge in [-0.3, -0.25) is 0 Å². The zero-order chi connectivity index (χ0) is 14.4. The van der Waals surface area contributed by atoms with E-state index in [-0.39, 0.29) is 12.7 Å². The van der Waals surface area contributed by atoms with Crippen molar-refractivity contribution in [3.05, 3.63) is 28.2 Å². The molecule has 108 valence electrons. The highest BCUT2D eigenvalue weighted by Crippen LogP contribution is 2.27. The van der Waals surface area contributed by atoms with Crippen LogP contribution < -0.4 is 4.90 Å². The lowest BCUT2D eigenvalue weighted by atomic mass is 10.1. The maximum absolute atomic E-state index is 9.22. The maximum Gasteiger partial charge on any atom is 0.101 e. The van der Waals surface area contributed by atoms with Crippen LogP contribution in [0.2, 0.25) is 0 Å². The number of nitriles is 1. The first-order chi connectivity index (χ1) is 9.74. The molecule has 1 aromatic rings. The lowest BCUT2D eigenvalue weighted by Gasteiger charge is -2.34. The monoisotopic (exact) mass is 338 g/mol. The average molecular weight is 339 g/mol. The van der Waals surface area contributed by atoms with Crippen LogP contribution in [0.5, 0.6) is 0 Å². The quantitative estimate of drug-likeness (QED) is 0.838. The second-order valence-corrected chi connectivity index (χ2v) is 5.82. The van der Waals surface area contributed by atoms with Crippen LogP contribution in [-0.4, -0.2) is 37.5 Å². The third kappa shape index (κ3) is 3.95. The molecule has 1 saturated heterocycles. The highest BCUT2D eigenvalue weighted by atomic mass is 79.9. The highest BCUT2D eigenvalue weighted by Gasteiger charge is 2.21. The van der Waals surface area contributed by atoms with E-state index in [4.69, 9.17) is 9.84 Å². The Morgan fingerprint density at radius 1 is 1.40 bits per heavy atom. The van der Waals surface area contributed by atoms with Crippen molar-refractivity contribution in [1.29, 1.82) is 5.26 Å². The number of halogens is 1. The molecule has 5 heteroatoms. The summed E-state index contributed by atoms with van der Waals surface area (Å²) in [6, 6.07) is 8.08. The van der Waals surface area contributed by atoms with Crippen LogP contribution in [0.4, 0.5) is 5.69 Å². The predicted molar refractivity (Wildman–Crippen MR) is 81.7 cm³/mol. The second-order valence-electron chi connectivity index (χ2n) is 4.91. The van der Waals surface area contributed by atoms with Gasteiger partial charge in [-0.2, -0.15) is 5.26 Å². The summed E-state index contributed by atoms with van der Waals surface area (Å²) in [5.41, 5.74) is 1.71. The van der Waals surface area contributed by atoms with E-state index < -0.39 is 0 Å². The minimum absolute atomic E-state index is 0.184. The van der Waals surface area contributed by atoms with Crippen molar-refractivity contribution < 1.29 is 9.84 Å². The van der Waals surface area contributed by atoms with E-state index in [1.54, 1.807) is 0 Å². The first-order valence-electron chi connectivity index (χ1n) is 6.91. The number of hydrogen-bond donors (Lipinski definition) is 1. The summed E-state index contributed by atoms with van der Waals surface area (Å²) >= 11 is 3.40. The van der Waals surface area contributed by atoms with Gasteiger partial charge in [0.1, 0.15) is 6.07 Å². The molecule has 0 bridgehead atoms. The zero-order valence-corrected chi connectivity index (χ0v) is 13.0. The SMILES string of the molecule is N#Cc1cc(Br)ccc1N1CCC(OCCCO)CC1. The maximum atomic E-state index is 9.22. The van der Waals surface area contributed by atoms with Crippen molar-refractivity contribution in [2.24, 2.45) is 0 Å². The molecule has 1 heterocycles. The fourth-order valence-electron chi connectivity index (χ4n) is 2.45. The number of rotatable bonds is 5. The summed E-state index contributed by atoms with van der Waals surface area (Å²) in [6.45, 7) is 2.62. The molecule has 1 aliphatic heterocycles. The van der Waals surface area contributed by atoms with Gasteiger partial charge in [-0.1, -0.05) is 15.9 Å². The number of benzene rings is 1. The highest BCUT2D eigenvalue weighted by molar-refractivity contribution is 9.10. The Morgan fingerprint density at radius 2 is 2.15 bits per heavy atom. The van der Waals surface area contributed by atoms with Gasteiger partial charge in [-0.05, 0) is 37.5 Å². The Hall–Kier alpha value is -1.09. The molecule has 0 atom stereocenters. The molecular formula is C15H19BrN2O2. The summed E-state index contributed by atoms with van der Waals surface area (Å²) in [6.07, 6.45) is 2.91. The van der Waals surface area contributed by atoms with Crippen LogP contribution in [0, 0.1) is 11.3 Å². The molecule has 20 heavy (non-hydrogen) atoms. The molecule has 0 spiro atoms. The predicted octanol–water partition coefficient (Wildman–Crippen LogP) is 2.69. The smallest absolute Gasteiger partial charge is 0.101 e. The lowest BCUT2D eigenvalue weighted by Crippen LogP contribution is -2.37. The first-order valence-corrected chi connectivity index (χ1v) is 7.71. The largest absolute Gasteiger partial charge is 0.396 e. The summed E-state index contributed by atoms with van der Waals surface area (Å²) < 4.78 is 6.65. The number of anilines is 1. The second kappa shape index (κ2) is 7.63. The molecule has 1 aliphatic rings. The molecular weight excluding hydrogens is 320 g/mol. The van der Waals surface area contributed by atoms with Gasteiger partial charge >= 0.3 is 0 Å². The van der Waals surface area contributed by atoms with Crippen LogP contribution in [0.1, 0.15) is 24.8 Å². The van der Waals surface area contributed by atoms with E-state index in [1.807, 2.05) is 18.2 Å². The summed E-state index contributed by atoms with van der Waals surface area (Å²) in [5.74, 6) is 0. The lowest BCUT2D eigenvalue weighted by molar-refractivity contribution is 0.0294. The molecule has 0 saturated carbocycles. The molecule has 1 N–H and O–H groups in total. The van der Waals surface area contributed by atoms with E-state index in [2.05, 4.69) is 26.9 Å². The Balaban J connectivity index is 1.92. The first kappa shape index (κ1) is 15.3. The molecule has 0 aliphatic carbocycles. The summed E-state index contributed by atoms with van der Waals surface area (Å²) in [5, 5.41) is 18.0. The number of aliphatic hydroxyl groups is 1. The van der Waals surface area contributed by atoms with Crippen LogP contribution in [-0.2, 0) is 4.74 Å². The van der Waals surface area contributed by atoms with Crippen LogP contribution >= 0.6 is 15.9 Å². The minimum atomic E-state index is 0.184. The number of nitrogens with zero attached hydrogens (tertiary/aromatic N) is 2. The summed E-state index contributed by atoms with van der Waals surface area (Å²) in [4.78, 5) is 2.25. The van der Waals surface area contributed by atoms with Crippen molar-refractivity contribution in [2.45, 2.75) is 25.4 Å². The van der Waals surface area contributed by atoms with Crippen molar-refractivity contribution in [3.63, 3.8) is 0 Å². The van der Waals surface area contributed by atoms with Gasteiger partial charge in [0.25, 0.3) is 0 Å². The Bertz CT molecular complexity index is 479. The third-order valence-corrected chi connectivity index (χ3v) is 4.01. The van der Waals surface area contributed by atoms with E-state index in [0.29, 0.717) is 18.6 Å². The minimum Gasteiger partial charge on any atom is -0.396 e. The molecule has 0 amide bonds. The third-order valence-electron chi connectivity index (χ3n) is 3.52. The Kier molecular flexibility index (Phi) is 5.84. The zero-order valence-electron chi connectivity index (χ0n) is 11.4. The fraction of sp³-hybridized carbons (Fsp3) is 0.533.